The summed E-state index contributed by atoms with van der Waals surface area (Å²) in [6, 6.07) is 1.84. The van der Waals surface area contributed by atoms with Gasteiger partial charge in [0.15, 0.2) is 0 Å². The molecule has 0 atom stereocenters. The Balaban J connectivity index is 2.31. The zero-order valence-corrected chi connectivity index (χ0v) is 15.8. The molecule has 7 heteroatoms. The Morgan fingerprint density at radius 1 is 1.32 bits per heavy atom. The van der Waals surface area contributed by atoms with Crippen molar-refractivity contribution in [2.24, 2.45) is 10.7 Å². The molecular weight excluding hydrogens is 338 g/mol. The number of nitrogens with zero attached hydrogens (tertiary/aromatic N) is 2. The van der Waals surface area contributed by atoms with Crippen LogP contribution < -0.4 is 5.73 Å². The maximum atomic E-state index is 12.9. The van der Waals surface area contributed by atoms with Gasteiger partial charge in [-0.1, -0.05) is 13.8 Å². The maximum absolute atomic E-state index is 12.9. The average molecular weight is 363 g/mol. The Morgan fingerprint density at radius 3 is 2.60 bits per heavy atom. The monoisotopic (exact) mass is 363 g/mol. The van der Waals surface area contributed by atoms with Crippen LogP contribution in [0.1, 0.15) is 42.9 Å². The van der Waals surface area contributed by atoms with Crippen molar-refractivity contribution in [2.75, 3.05) is 20.2 Å². The largest absolute Gasteiger partial charge is 0.469 e. The minimum absolute atomic E-state index is 0.0117. The lowest BCUT2D eigenvalue weighted by Gasteiger charge is -2.22. The molecule has 0 aliphatic carbocycles. The highest BCUT2D eigenvalue weighted by Crippen LogP contribution is 2.35. The minimum atomic E-state index is -0.300. The van der Waals surface area contributed by atoms with E-state index in [4.69, 9.17) is 10.5 Å². The van der Waals surface area contributed by atoms with E-state index < -0.39 is 0 Å². The van der Waals surface area contributed by atoms with Gasteiger partial charge in [0, 0.05) is 30.0 Å². The fraction of sp³-hybridized carbons (Fsp3) is 0.500. The summed E-state index contributed by atoms with van der Waals surface area (Å²) in [5.41, 5.74) is 7.37. The number of carbonyl (C=O) groups excluding carboxylic acids is 2. The lowest BCUT2D eigenvalue weighted by atomic mass is 10.1. The number of hydrogen-bond acceptors (Lipinski definition) is 6. The second-order valence-electron chi connectivity index (χ2n) is 5.96. The quantitative estimate of drug-likeness (QED) is 0.755. The van der Waals surface area contributed by atoms with Gasteiger partial charge in [-0.05, 0) is 25.0 Å². The van der Waals surface area contributed by atoms with Crippen LogP contribution >= 0.6 is 11.3 Å². The van der Waals surface area contributed by atoms with Gasteiger partial charge in [0.2, 0.25) is 5.91 Å². The van der Waals surface area contributed by atoms with E-state index in [1.807, 2.05) is 17.0 Å². The van der Waals surface area contributed by atoms with Gasteiger partial charge < -0.3 is 15.4 Å². The highest BCUT2D eigenvalue weighted by atomic mass is 32.1. The molecule has 0 radical (unpaired) electrons. The van der Waals surface area contributed by atoms with E-state index in [0.29, 0.717) is 23.5 Å². The normalized spacial score (nSPS) is 13.4. The third-order valence-electron chi connectivity index (χ3n) is 3.83. The van der Waals surface area contributed by atoms with E-state index in [1.54, 1.807) is 0 Å². The summed E-state index contributed by atoms with van der Waals surface area (Å²) in [7, 11) is 1.36. The Kier molecular flexibility index (Phi) is 6.75. The molecule has 1 aliphatic rings. The van der Waals surface area contributed by atoms with E-state index in [0.717, 1.165) is 35.7 Å². The molecule has 0 saturated heterocycles. The number of amides is 1. The van der Waals surface area contributed by atoms with E-state index in [9.17, 15) is 9.59 Å². The molecule has 25 heavy (non-hydrogen) atoms. The summed E-state index contributed by atoms with van der Waals surface area (Å²) < 4.78 is 4.71. The number of hydrogen-bond donors (Lipinski definition) is 1. The molecule has 0 unspecified atom stereocenters. The number of rotatable bonds is 7. The second-order valence-corrected chi connectivity index (χ2v) is 7.13. The van der Waals surface area contributed by atoms with Crippen molar-refractivity contribution in [3.63, 3.8) is 0 Å². The molecule has 6 nitrogen and oxygen atoms in total. The molecule has 0 spiro atoms. The van der Waals surface area contributed by atoms with E-state index in [1.165, 1.54) is 18.4 Å². The van der Waals surface area contributed by atoms with Crippen LogP contribution in [0.25, 0.3) is 6.08 Å². The molecule has 1 aromatic rings. The Bertz CT molecular complexity index is 700. The van der Waals surface area contributed by atoms with Crippen molar-refractivity contribution in [3.8, 4) is 0 Å². The van der Waals surface area contributed by atoms with Crippen molar-refractivity contribution in [1.82, 2.24) is 4.90 Å². The SMILES string of the molecule is CCCN(CCC)C(=O)C1=Cc2sc(CC(=O)OC)cc2N=C(N)C1. The molecule has 0 bridgehead atoms. The molecule has 0 aromatic carbocycles. The standard InChI is InChI=1S/C18H25N3O3S/c1-4-6-21(7-5-2)18(23)12-8-15-14(20-16(19)9-12)10-13(25-15)11-17(22)24-3/h8,10H,4-7,9,11H2,1-3H3,(H2,19,20). The first-order valence-electron chi connectivity index (χ1n) is 8.50. The summed E-state index contributed by atoms with van der Waals surface area (Å²) in [5.74, 6) is 0.122. The Labute approximate surface area is 152 Å². The van der Waals surface area contributed by atoms with Gasteiger partial charge in [-0.3, -0.25) is 9.59 Å². The molecule has 1 aromatic heterocycles. The summed E-state index contributed by atoms with van der Waals surface area (Å²) in [4.78, 5) is 32.4. The number of methoxy groups -OCH3 is 1. The molecule has 0 saturated carbocycles. The number of nitrogens with two attached hydrogens (primary N) is 1. The van der Waals surface area contributed by atoms with Crippen molar-refractivity contribution >= 4 is 40.8 Å². The van der Waals surface area contributed by atoms with Crippen LogP contribution in [0.5, 0.6) is 0 Å². The van der Waals surface area contributed by atoms with Crippen LogP contribution in [0.15, 0.2) is 16.6 Å². The topological polar surface area (TPSA) is 85.0 Å². The molecule has 1 amide bonds. The second kappa shape index (κ2) is 8.80. The highest BCUT2D eigenvalue weighted by Gasteiger charge is 2.22. The number of carbonyl (C=O) groups is 2. The van der Waals surface area contributed by atoms with Gasteiger partial charge in [-0.25, -0.2) is 4.99 Å². The van der Waals surface area contributed by atoms with Crippen LogP contribution in [-0.2, 0) is 20.7 Å². The molecule has 2 N–H and O–H groups in total. The highest BCUT2D eigenvalue weighted by molar-refractivity contribution is 7.13. The number of fused-ring (bicyclic) bond motifs is 1. The lowest BCUT2D eigenvalue weighted by molar-refractivity contribution is -0.139. The number of ether oxygens (including phenoxy) is 1. The molecular formula is C18H25N3O3S. The van der Waals surface area contributed by atoms with Crippen LogP contribution in [0.3, 0.4) is 0 Å². The Hall–Kier alpha value is -2.15. The zero-order valence-electron chi connectivity index (χ0n) is 15.0. The van der Waals surface area contributed by atoms with Crippen molar-refractivity contribution in [3.05, 3.63) is 21.4 Å². The van der Waals surface area contributed by atoms with Crippen LogP contribution in [0.2, 0.25) is 0 Å². The molecule has 2 rings (SSSR count). The molecule has 2 heterocycles. The van der Waals surface area contributed by atoms with Gasteiger partial charge in [-0.15, -0.1) is 11.3 Å². The summed E-state index contributed by atoms with van der Waals surface area (Å²) in [6.45, 7) is 5.57. The molecule has 136 valence electrons. The van der Waals surface area contributed by atoms with Gasteiger partial charge in [0.05, 0.1) is 24.1 Å². The van der Waals surface area contributed by atoms with Crippen LogP contribution in [0.4, 0.5) is 5.69 Å². The smallest absolute Gasteiger partial charge is 0.310 e. The third-order valence-corrected chi connectivity index (χ3v) is 4.90. The van der Waals surface area contributed by atoms with Gasteiger partial charge in [0.25, 0.3) is 0 Å². The number of thiophene rings is 1. The summed E-state index contributed by atoms with van der Waals surface area (Å²) in [6.07, 6.45) is 4.23. The molecule has 1 aliphatic heterocycles. The number of amidine groups is 1. The fourth-order valence-electron chi connectivity index (χ4n) is 2.73. The van der Waals surface area contributed by atoms with Gasteiger partial charge in [-0.2, -0.15) is 0 Å². The number of aliphatic imine (C=N–C) groups is 1. The van der Waals surface area contributed by atoms with Crippen molar-refractivity contribution < 1.29 is 14.3 Å². The Morgan fingerprint density at radius 2 is 2.00 bits per heavy atom. The third kappa shape index (κ3) is 4.92. The predicted molar refractivity (Wildman–Crippen MR) is 101 cm³/mol. The van der Waals surface area contributed by atoms with Gasteiger partial charge >= 0.3 is 5.97 Å². The first-order valence-corrected chi connectivity index (χ1v) is 9.32. The first-order chi connectivity index (χ1) is 12.0. The minimum Gasteiger partial charge on any atom is -0.469 e. The summed E-state index contributed by atoms with van der Waals surface area (Å²) in [5, 5.41) is 0. The van der Waals surface area contributed by atoms with Gasteiger partial charge in [0.1, 0.15) is 5.84 Å². The fourth-order valence-corrected chi connectivity index (χ4v) is 3.79. The predicted octanol–water partition coefficient (Wildman–Crippen LogP) is 2.89. The van der Waals surface area contributed by atoms with E-state index in [2.05, 4.69) is 18.8 Å². The first kappa shape index (κ1) is 19.2. The maximum Gasteiger partial charge on any atom is 0.310 e. The summed E-state index contributed by atoms with van der Waals surface area (Å²) >= 11 is 1.44. The van der Waals surface area contributed by atoms with Crippen molar-refractivity contribution in [1.29, 1.82) is 0 Å². The zero-order chi connectivity index (χ0) is 18.4. The number of esters is 1. The van der Waals surface area contributed by atoms with Crippen molar-refractivity contribution in [2.45, 2.75) is 39.5 Å². The average Bonchev–Trinajstić information content (AvgIpc) is 2.86. The molecule has 0 fully saturated rings. The van der Waals surface area contributed by atoms with E-state index >= 15 is 0 Å². The lowest BCUT2D eigenvalue weighted by Crippen LogP contribution is -2.34. The van der Waals surface area contributed by atoms with E-state index in [-0.39, 0.29) is 18.3 Å². The van der Waals surface area contributed by atoms with Crippen LogP contribution in [0, 0.1) is 0 Å². The van der Waals surface area contributed by atoms with Crippen LogP contribution in [-0.4, -0.2) is 42.8 Å².